The van der Waals surface area contributed by atoms with Gasteiger partial charge in [0.05, 0.1) is 29.4 Å². The number of aliphatic hydroxyl groups excluding tert-OH is 1. The molecule has 1 aromatic heterocycles. The predicted octanol–water partition coefficient (Wildman–Crippen LogP) is 4.16. The molecule has 1 unspecified atom stereocenters. The van der Waals surface area contributed by atoms with Crippen LogP contribution in [0.5, 0.6) is 11.5 Å². The molecule has 210 valence electrons. The van der Waals surface area contributed by atoms with Crippen LogP contribution >= 0.6 is 0 Å². The van der Waals surface area contributed by atoms with Crippen molar-refractivity contribution in [1.29, 1.82) is 0 Å². The number of aromatic nitrogens is 2. The van der Waals surface area contributed by atoms with E-state index in [-0.39, 0.29) is 23.9 Å². The number of phenols is 1. The first-order valence-electron chi connectivity index (χ1n) is 13.5. The lowest BCUT2D eigenvalue weighted by molar-refractivity contribution is -0.129. The first-order chi connectivity index (χ1) is 18.9. The van der Waals surface area contributed by atoms with E-state index >= 15 is 0 Å². The number of para-hydroxylation sites is 2. The number of carbonyl (C=O) groups excluding carboxylic acids is 1. The minimum Gasteiger partial charge on any atom is -0.508 e. The van der Waals surface area contributed by atoms with Crippen LogP contribution in [0, 0.1) is 0 Å². The molecule has 0 radical (unpaired) electrons. The number of nitrogens with one attached hydrogen (secondary N) is 2. The lowest BCUT2D eigenvalue weighted by Gasteiger charge is -2.34. The van der Waals surface area contributed by atoms with Gasteiger partial charge in [0.25, 0.3) is 5.91 Å². The van der Waals surface area contributed by atoms with E-state index in [1.54, 1.807) is 18.4 Å². The van der Waals surface area contributed by atoms with E-state index in [2.05, 4.69) is 10.6 Å². The monoisotopic (exact) mass is 544 g/mol. The first-order valence-corrected chi connectivity index (χ1v) is 13.5. The molecule has 9 nitrogen and oxygen atoms in total. The number of nitrogens with zero attached hydrogens (tertiary/aromatic N) is 2. The Bertz CT molecular complexity index is 1600. The third-order valence-electron chi connectivity index (χ3n) is 7.46. The van der Waals surface area contributed by atoms with Crippen molar-refractivity contribution < 1.29 is 19.7 Å². The van der Waals surface area contributed by atoms with Gasteiger partial charge in [0.15, 0.2) is 11.4 Å². The van der Waals surface area contributed by atoms with Gasteiger partial charge in [0.1, 0.15) is 5.75 Å². The number of ether oxygens (including phenoxy) is 1. The summed E-state index contributed by atoms with van der Waals surface area (Å²) in [7, 11) is 0. The minimum atomic E-state index is -1.11. The highest BCUT2D eigenvalue weighted by Crippen LogP contribution is 2.42. The van der Waals surface area contributed by atoms with Crippen LogP contribution in [0.4, 0.5) is 5.69 Å². The molecule has 40 heavy (non-hydrogen) atoms. The molecule has 1 amide bonds. The van der Waals surface area contributed by atoms with Crippen molar-refractivity contribution in [3.05, 3.63) is 88.3 Å². The summed E-state index contributed by atoms with van der Waals surface area (Å²) >= 11 is 0. The van der Waals surface area contributed by atoms with E-state index in [0.29, 0.717) is 36.5 Å². The number of fused-ring (bicyclic) bond motifs is 2. The Balaban J connectivity index is 1.31. The maximum atomic E-state index is 13.5. The number of hydrogen-bond acceptors (Lipinski definition) is 6. The molecule has 0 fully saturated rings. The van der Waals surface area contributed by atoms with Crippen LogP contribution < -0.4 is 21.1 Å². The van der Waals surface area contributed by atoms with E-state index in [9.17, 15) is 19.8 Å². The summed E-state index contributed by atoms with van der Waals surface area (Å²) in [5.74, 6) is -0.0696. The zero-order valence-corrected chi connectivity index (χ0v) is 23.3. The molecule has 4 aromatic rings. The number of benzene rings is 3. The quantitative estimate of drug-likeness (QED) is 0.251. The molecule has 9 heteroatoms. The highest BCUT2D eigenvalue weighted by atomic mass is 16.5. The number of phenolic OH excluding ortho intramolecular Hbond substituents is 1. The summed E-state index contributed by atoms with van der Waals surface area (Å²) < 4.78 is 9.54. The number of rotatable bonds is 9. The number of carbonyl (C=O) groups is 1. The summed E-state index contributed by atoms with van der Waals surface area (Å²) in [6.07, 6.45) is -0.391. The molecule has 3 aromatic carbocycles. The molecule has 0 saturated carbocycles. The second-order valence-electron chi connectivity index (χ2n) is 11.5. The number of anilines is 1. The first kappa shape index (κ1) is 27.5. The topological polar surface area (TPSA) is 118 Å². The molecule has 1 aliphatic heterocycles. The maximum Gasteiger partial charge on any atom is 0.329 e. The van der Waals surface area contributed by atoms with Crippen LogP contribution in [0.2, 0.25) is 0 Å². The second kappa shape index (κ2) is 10.5. The average Bonchev–Trinajstić information content (AvgIpc) is 3.17. The Morgan fingerprint density at radius 2 is 1.65 bits per heavy atom. The van der Waals surface area contributed by atoms with E-state index in [1.165, 1.54) is 12.1 Å². The van der Waals surface area contributed by atoms with Gasteiger partial charge in [0, 0.05) is 30.3 Å². The molecule has 5 rings (SSSR count). The average molecular weight is 545 g/mol. The van der Waals surface area contributed by atoms with E-state index in [1.807, 2.05) is 73.0 Å². The van der Waals surface area contributed by atoms with Gasteiger partial charge >= 0.3 is 5.69 Å². The number of amides is 1. The van der Waals surface area contributed by atoms with E-state index in [0.717, 1.165) is 16.6 Å². The molecule has 4 N–H and O–H groups in total. The Hall–Kier alpha value is -4.08. The van der Waals surface area contributed by atoms with Crippen LogP contribution in [-0.2, 0) is 17.9 Å². The summed E-state index contributed by atoms with van der Waals surface area (Å²) in [6.45, 7) is 8.49. The Kier molecular flexibility index (Phi) is 7.20. The molecule has 1 atom stereocenters. The molecule has 0 aliphatic carbocycles. The fraction of sp³-hybridized carbons (Fsp3) is 0.355. The number of β-amino-alcohol motifs (C(OH)–C–C–N with tert-alkyl or cyclic N) is 1. The lowest BCUT2D eigenvalue weighted by atomic mass is 9.98. The van der Waals surface area contributed by atoms with Crippen molar-refractivity contribution >= 4 is 22.6 Å². The van der Waals surface area contributed by atoms with E-state index in [4.69, 9.17) is 4.74 Å². The van der Waals surface area contributed by atoms with Gasteiger partial charge in [-0.05, 0) is 57.9 Å². The summed E-state index contributed by atoms with van der Waals surface area (Å²) in [6, 6.07) is 20.6. The standard InChI is InChI=1S/C31H36N4O5/c1-30(2,32-18-26(37)22-16-21(36)17-23-27(22)40-31(3,4)28(38)33-23)14-15-34-24-12-8-9-13-25(24)35(29(34)39)19-20-10-6-5-7-11-20/h5-13,16-17,26,32,36-37H,14-15,18-19H2,1-4H3,(H,33,38). The van der Waals surface area contributed by atoms with Gasteiger partial charge in [-0.25, -0.2) is 4.79 Å². The van der Waals surface area contributed by atoms with Crippen LogP contribution in [0.3, 0.4) is 0 Å². The van der Waals surface area contributed by atoms with Gasteiger partial charge < -0.3 is 25.6 Å². The van der Waals surface area contributed by atoms with Gasteiger partial charge in [-0.1, -0.05) is 42.5 Å². The zero-order chi connectivity index (χ0) is 28.7. The summed E-state index contributed by atoms with van der Waals surface area (Å²) in [5, 5.41) is 27.4. The highest BCUT2D eigenvalue weighted by molar-refractivity contribution is 6.00. The fourth-order valence-corrected chi connectivity index (χ4v) is 5.03. The van der Waals surface area contributed by atoms with Crippen molar-refractivity contribution in [2.24, 2.45) is 0 Å². The van der Waals surface area contributed by atoms with Gasteiger partial charge in [-0.2, -0.15) is 0 Å². The maximum absolute atomic E-state index is 13.5. The van der Waals surface area contributed by atoms with Crippen molar-refractivity contribution in [3.63, 3.8) is 0 Å². The summed E-state index contributed by atoms with van der Waals surface area (Å²) in [4.78, 5) is 25.8. The van der Waals surface area contributed by atoms with Gasteiger partial charge in [-0.3, -0.25) is 13.9 Å². The van der Waals surface area contributed by atoms with Crippen molar-refractivity contribution in [1.82, 2.24) is 14.5 Å². The van der Waals surface area contributed by atoms with Crippen molar-refractivity contribution in [3.8, 4) is 11.5 Å². The third kappa shape index (κ3) is 5.48. The van der Waals surface area contributed by atoms with E-state index < -0.39 is 17.2 Å². The Morgan fingerprint density at radius 1 is 1.00 bits per heavy atom. The molecule has 0 spiro atoms. The normalized spacial score (nSPS) is 15.4. The summed E-state index contributed by atoms with van der Waals surface area (Å²) in [5.41, 5.74) is 1.93. The largest absolute Gasteiger partial charge is 0.508 e. The van der Waals surface area contributed by atoms with Crippen LogP contribution in [0.1, 0.15) is 51.3 Å². The Labute approximate surface area is 233 Å². The third-order valence-corrected chi connectivity index (χ3v) is 7.46. The molecule has 0 bridgehead atoms. The zero-order valence-electron chi connectivity index (χ0n) is 23.3. The second-order valence-corrected chi connectivity index (χ2v) is 11.5. The SMILES string of the molecule is CC(C)(CCn1c(=O)n(Cc2ccccc2)c2ccccc21)NCC(O)c1cc(O)cc2c1OC(C)(C)C(=O)N2. The lowest BCUT2D eigenvalue weighted by Crippen LogP contribution is -2.46. The van der Waals surface area contributed by atoms with Gasteiger partial charge in [0.2, 0.25) is 0 Å². The molecular formula is C31H36N4O5. The number of hydrogen-bond donors (Lipinski definition) is 4. The molecule has 2 heterocycles. The number of aryl methyl sites for hydroxylation is 1. The van der Waals surface area contributed by atoms with Crippen LogP contribution in [-0.4, -0.2) is 42.9 Å². The number of imidazole rings is 1. The van der Waals surface area contributed by atoms with Gasteiger partial charge in [-0.15, -0.1) is 0 Å². The molecule has 1 aliphatic rings. The fourth-order valence-electron chi connectivity index (χ4n) is 5.03. The molecule has 0 saturated heterocycles. The molecular weight excluding hydrogens is 508 g/mol. The van der Waals surface area contributed by atoms with Crippen molar-refractivity contribution in [2.75, 3.05) is 11.9 Å². The van der Waals surface area contributed by atoms with Crippen LogP contribution in [0.15, 0.2) is 71.5 Å². The van der Waals surface area contributed by atoms with Crippen molar-refractivity contribution in [2.45, 2.75) is 64.4 Å². The van der Waals surface area contributed by atoms with Crippen LogP contribution in [0.25, 0.3) is 11.0 Å². The smallest absolute Gasteiger partial charge is 0.329 e. The minimum absolute atomic E-state index is 0.0610. The predicted molar refractivity (Wildman–Crippen MR) is 155 cm³/mol. The Morgan fingerprint density at radius 3 is 2.35 bits per heavy atom. The number of aliphatic hydroxyl groups is 1. The number of aromatic hydroxyl groups is 1. The highest BCUT2D eigenvalue weighted by Gasteiger charge is 2.38.